The van der Waals surface area contributed by atoms with Gasteiger partial charge in [-0.2, -0.15) is 0 Å². The normalized spacial score (nSPS) is 15.0. The van der Waals surface area contributed by atoms with Crippen molar-refractivity contribution in [2.45, 2.75) is 31.1 Å². The summed E-state index contributed by atoms with van der Waals surface area (Å²) < 4.78 is 0.873. The van der Waals surface area contributed by atoms with E-state index in [2.05, 4.69) is 43.4 Å². The van der Waals surface area contributed by atoms with Gasteiger partial charge in [0, 0.05) is 3.92 Å². The summed E-state index contributed by atoms with van der Waals surface area (Å²) in [6, 6.07) is 0. The van der Waals surface area contributed by atoms with Gasteiger partial charge in [0.05, 0.1) is 0 Å². The van der Waals surface area contributed by atoms with Crippen LogP contribution >= 0.6 is 22.6 Å². The Kier molecular flexibility index (Phi) is 4.08. The molecular weight excluding hydrogens is 199 g/mol. The maximum Gasteiger partial charge on any atom is 0.0130 e. The van der Waals surface area contributed by atoms with Crippen molar-refractivity contribution in [2.75, 3.05) is 0 Å². The summed E-state index contributed by atoms with van der Waals surface area (Å²) >= 11 is 2.50. The fourth-order valence-corrected chi connectivity index (χ4v) is 0.471. The Hall–Kier alpha value is 0.730. The second-order valence-corrected chi connectivity index (χ2v) is 3.77. The van der Waals surface area contributed by atoms with E-state index in [4.69, 9.17) is 0 Å². The maximum absolute atomic E-state index is 2.50. The van der Waals surface area contributed by atoms with Crippen LogP contribution in [0.4, 0.5) is 0 Å². The summed E-state index contributed by atoms with van der Waals surface area (Å²) in [6.07, 6.45) is 1.30. The van der Waals surface area contributed by atoms with E-state index in [1.165, 1.54) is 6.42 Å². The van der Waals surface area contributed by atoms with E-state index >= 15 is 0 Å². The van der Waals surface area contributed by atoms with E-state index in [9.17, 15) is 0 Å². The van der Waals surface area contributed by atoms with Crippen LogP contribution in [-0.4, -0.2) is 3.92 Å². The zero-order valence-corrected chi connectivity index (χ0v) is 7.40. The second-order valence-electron chi connectivity index (χ2n) is 2.17. The molecule has 0 bridgehead atoms. The molecule has 0 fully saturated rings. The van der Waals surface area contributed by atoms with Crippen LogP contribution in [0, 0.1) is 5.92 Å². The second kappa shape index (κ2) is 3.70. The molecule has 0 N–H and O–H groups in total. The molecule has 0 nitrogen and oxygen atoms in total. The molecule has 44 valence electrons. The van der Waals surface area contributed by atoms with Gasteiger partial charge in [0.25, 0.3) is 0 Å². The zero-order chi connectivity index (χ0) is 5.86. The number of halogens is 1. The van der Waals surface area contributed by atoms with Crippen molar-refractivity contribution in [3.63, 3.8) is 0 Å². The van der Waals surface area contributed by atoms with Gasteiger partial charge in [0.15, 0.2) is 0 Å². The standard InChI is InChI=1S/C6H13I/c1-4-6(7)5(2)3/h5-6H,4H2,1-3H3. The predicted octanol–water partition coefficient (Wildman–Crippen LogP) is 2.86. The maximum atomic E-state index is 2.50. The minimum absolute atomic E-state index is 0.852. The van der Waals surface area contributed by atoms with Gasteiger partial charge in [0.1, 0.15) is 0 Å². The molecular formula is C6H13I. The van der Waals surface area contributed by atoms with Gasteiger partial charge in [-0.3, -0.25) is 0 Å². The quantitative estimate of drug-likeness (QED) is 0.487. The first kappa shape index (κ1) is 7.73. The highest BCUT2D eigenvalue weighted by molar-refractivity contribution is 14.1. The third-order valence-electron chi connectivity index (χ3n) is 1.11. The lowest BCUT2D eigenvalue weighted by Crippen LogP contribution is -2.03. The van der Waals surface area contributed by atoms with Gasteiger partial charge in [-0.05, 0) is 12.3 Å². The first-order valence-electron chi connectivity index (χ1n) is 2.82. The Labute approximate surface area is 59.8 Å². The van der Waals surface area contributed by atoms with Gasteiger partial charge < -0.3 is 0 Å². The number of alkyl halides is 1. The summed E-state index contributed by atoms with van der Waals surface area (Å²) in [5.74, 6) is 0.852. The van der Waals surface area contributed by atoms with Crippen LogP contribution in [0.2, 0.25) is 0 Å². The Morgan fingerprint density at radius 1 is 1.43 bits per heavy atom. The average molecular weight is 212 g/mol. The van der Waals surface area contributed by atoms with Crippen molar-refractivity contribution < 1.29 is 0 Å². The Bertz CT molecular complexity index is 41.4. The van der Waals surface area contributed by atoms with Crippen molar-refractivity contribution in [1.29, 1.82) is 0 Å². The number of hydrogen-bond donors (Lipinski definition) is 0. The molecule has 0 aromatic carbocycles. The topological polar surface area (TPSA) is 0 Å². The molecule has 0 amide bonds. The highest BCUT2D eigenvalue weighted by Crippen LogP contribution is 2.14. The Morgan fingerprint density at radius 2 is 1.86 bits per heavy atom. The molecule has 0 aliphatic carbocycles. The third-order valence-corrected chi connectivity index (χ3v) is 3.43. The minimum atomic E-state index is 0.852. The molecule has 7 heavy (non-hydrogen) atoms. The summed E-state index contributed by atoms with van der Waals surface area (Å²) in [5, 5.41) is 0. The lowest BCUT2D eigenvalue weighted by molar-refractivity contribution is 0.613. The van der Waals surface area contributed by atoms with Crippen molar-refractivity contribution in [1.82, 2.24) is 0 Å². The van der Waals surface area contributed by atoms with Crippen LogP contribution in [-0.2, 0) is 0 Å². The van der Waals surface area contributed by atoms with E-state index in [1.807, 2.05) is 0 Å². The fourth-order valence-electron chi connectivity index (χ4n) is 0.471. The SMILES string of the molecule is CCC(I)C(C)C. The third kappa shape index (κ3) is 3.32. The molecule has 0 aliphatic heterocycles. The molecule has 0 aromatic rings. The molecule has 1 heteroatoms. The first-order chi connectivity index (χ1) is 3.18. The molecule has 0 saturated carbocycles. The molecule has 1 atom stereocenters. The fraction of sp³-hybridized carbons (Fsp3) is 1.00. The van der Waals surface area contributed by atoms with E-state index in [0.29, 0.717) is 0 Å². The van der Waals surface area contributed by atoms with E-state index in [0.717, 1.165) is 9.84 Å². The van der Waals surface area contributed by atoms with Crippen LogP contribution < -0.4 is 0 Å². The van der Waals surface area contributed by atoms with Crippen molar-refractivity contribution >= 4 is 22.6 Å². The monoisotopic (exact) mass is 212 g/mol. The van der Waals surface area contributed by atoms with Crippen molar-refractivity contribution in [2.24, 2.45) is 5.92 Å². The van der Waals surface area contributed by atoms with Gasteiger partial charge >= 0.3 is 0 Å². The van der Waals surface area contributed by atoms with Crippen LogP contribution in [0.25, 0.3) is 0 Å². The van der Waals surface area contributed by atoms with E-state index < -0.39 is 0 Å². The molecule has 1 unspecified atom stereocenters. The van der Waals surface area contributed by atoms with Crippen molar-refractivity contribution in [3.05, 3.63) is 0 Å². The van der Waals surface area contributed by atoms with Gasteiger partial charge in [-0.25, -0.2) is 0 Å². The molecule has 0 radical (unpaired) electrons. The molecule has 0 heterocycles. The van der Waals surface area contributed by atoms with Crippen LogP contribution in [0.5, 0.6) is 0 Å². The lowest BCUT2D eigenvalue weighted by atomic mass is 10.1. The smallest absolute Gasteiger partial charge is 0.0130 e. The number of rotatable bonds is 2. The zero-order valence-electron chi connectivity index (χ0n) is 5.24. The van der Waals surface area contributed by atoms with Crippen LogP contribution in [0.1, 0.15) is 27.2 Å². The minimum Gasteiger partial charge on any atom is -0.0824 e. The van der Waals surface area contributed by atoms with Crippen molar-refractivity contribution in [3.8, 4) is 0 Å². The Morgan fingerprint density at radius 3 is 1.86 bits per heavy atom. The van der Waals surface area contributed by atoms with E-state index in [-0.39, 0.29) is 0 Å². The van der Waals surface area contributed by atoms with Gasteiger partial charge in [-0.15, -0.1) is 0 Å². The molecule has 0 aliphatic rings. The van der Waals surface area contributed by atoms with Gasteiger partial charge in [-0.1, -0.05) is 43.4 Å². The summed E-state index contributed by atoms with van der Waals surface area (Å²) in [7, 11) is 0. The first-order valence-corrected chi connectivity index (χ1v) is 4.07. The molecule has 0 saturated heterocycles. The van der Waals surface area contributed by atoms with Crippen LogP contribution in [0.15, 0.2) is 0 Å². The number of hydrogen-bond acceptors (Lipinski definition) is 0. The highest BCUT2D eigenvalue weighted by atomic mass is 127. The van der Waals surface area contributed by atoms with Crippen LogP contribution in [0.3, 0.4) is 0 Å². The molecule has 0 aromatic heterocycles. The highest BCUT2D eigenvalue weighted by Gasteiger charge is 2.03. The average Bonchev–Trinajstić information content (AvgIpc) is 1.65. The summed E-state index contributed by atoms with van der Waals surface area (Å²) in [4.78, 5) is 0. The lowest BCUT2D eigenvalue weighted by Gasteiger charge is -2.08. The molecule has 0 spiro atoms. The summed E-state index contributed by atoms with van der Waals surface area (Å²) in [6.45, 7) is 6.76. The largest absolute Gasteiger partial charge is 0.0824 e. The van der Waals surface area contributed by atoms with Gasteiger partial charge in [0.2, 0.25) is 0 Å². The Balaban J connectivity index is 3.14. The predicted molar refractivity (Wildman–Crippen MR) is 42.9 cm³/mol. The van der Waals surface area contributed by atoms with E-state index in [1.54, 1.807) is 0 Å². The summed E-state index contributed by atoms with van der Waals surface area (Å²) in [5.41, 5.74) is 0. The molecule has 0 rings (SSSR count).